The van der Waals surface area contributed by atoms with Crippen molar-refractivity contribution >= 4 is 23.3 Å². The third-order valence-electron chi connectivity index (χ3n) is 4.99. The number of ketones is 1. The number of nitrogens with zero attached hydrogens (tertiary/aromatic N) is 2. The second kappa shape index (κ2) is 8.30. The number of aromatic nitrogens is 1. The molecule has 1 aliphatic rings. The Labute approximate surface area is 183 Å². The summed E-state index contributed by atoms with van der Waals surface area (Å²) in [6.45, 7) is 5.47. The Morgan fingerprint density at radius 3 is 2.34 bits per heavy atom. The van der Waals surface area contributed by atoms with Crippen molar-refractivity contribution in [1.82, 2.24) is 5.16 Å². The number of benzene rings is 2. The molecule has 3 aromatic rings. The van der Waals surface area contributed by atoms with Crippen molar-refractivity contribution in [2.45, 2.75) is 32.9 Å². The fourth-order valence-corrected chi connectivity index (χ4v) is 3.62. The number of aryl methyl sites for hydroxylation is 1. The largest absolute Gasteiger partial charge is 0.507 e. The van der Waals surface area contributed by atoms with E-state index in [0.717, 1.165) is 0 Å². The van der Waals surface area contributed by atoms with Gasteiger partial charge in [-0.05, 0) is 62.7 Å². The molecule has 1 saturated heterocycles. The standard InChI is InChI=1S/C24H21FN2O5/c1-13(2)31-18-10-6-15(7-11-18)21-20(22(28)16-4-8-17(25)9-5-16)23(29)24(30)27(21)19-12-14(3)32-26-19/h4-13,21,28H,1-3H3/t21-/m1/s1. The van der Waals surface area contributed by atoms with Crippen LogP contribution in [-0.2, 0) is 9.59 Å². The average Bonchev–Trinajstić information content (AvgIpc) is 3.29. The van der Waals surface area contributed by atoms with E-state index < -0.39 is 29.3 Å². The number of halogens is 1. The van der Waals surface area contributed by atoms with Crippen molar-refractivity contribution in [3.8, 4) is 5.75 Å². The van der Waals surface area contributed by atoms with Gasteiger partial charge in [-0.25, -0.2) is 4.39 Å². The van der Waals surface area contributed by atoms with Crippen molar-refractivity contribution < 1.29 is 28.3 Å². The Morgan fingerprint density at radius 2 is 1.78 bits per heavy atom. The van der Waals surface area contributed by atoms with Crippen molar-refractivity contribution in [3.63, 3.8) is 0 Å². The minimum Gasteiger partial charge on any atom is -0.507 e. The number of aliphatic hydroxyl groups is 1. The maximum Gasteiger partial charge on any atom is 0.301 e. The molecule has 1 atom stereocenters. The zero-order valence-corrected chi connectivity index (χ0v) is 17.7. The summed E-state index contributed by atoms with van der Waals surface area (Å²) in [5.41, 5.74) is 0.648. The molecule has 0 spiro atoms. The number of rotatable bonds is 5. The summed E-state index contributed by atoms with van der Waals surface area (Å²) >= 11 is 0. The molecule has 2 heterocycles. The summed E-state index contributed by atoms with van der Waals surface area (Å²) in [6.07, 6.45) is -0.0249. The van der Waals surface area contributed by atoms with E-state index in [0.29, 0.717) is 17.1 Å². The van der Waals surface area contributed by atoms with Gasteiger partial charge in [0.05, 0.1) is 17.7 Å². The minimum absolute atomic E-state index is 0.0249. The maximum atomic E-state index is 13.4. The number of amides is 1. The van der Waals surface area contributed by atoms with Crippen LogP contribution in [0.15, 0.2) is 64.7 Å². The van der Waals surface area contributed by atoms with E-state index in [9.17, 15) is 19.1 Å². The lowest BCUT2D eigenvalue weighted by molar-refractivity contribution is -0.132. The number of hydrogen-bond acceptors (Lipinski definition) is 6. The van der Waals surface area contributed by atoms with E-state index in [1.807, 2.05) is 13.8 Å². The van der Waals surface area contributed by atoms with Gasteiger partial charge in [0.1, 0.15) is 23.1 Å². The molecule has 1 N–H and O–H groups in total. The zero-order chi connectivity index (χ0) is 23.0. The van der Waals surface area contributed by atoms with Gasteiger partial charge in [0.25, 0.3) is 5.78 Å². The molecule has 4 rings (SSSR count). The topological polar surface area (TPSA) is 92.9 Å². The van der Waals surface area contributed by atoms with E-state index in [1.165, 1.54) is 35.2 Å². The van der Waals surface area contributed by atoms with E-state index in [1.54, 1.807) is 31.2 Å². The van der Waals surface area contributed by atoms with Crippen LogP contribution in [0.1, 0.15) is 36.8 Å². The average molecular weight is 436 g/mol. The predicted octanol–water partition coefficient (Wildman–Crippen LogP) is 4.54. The predicted molar refractivity (Wildman–Crippen MR) is 115 cm³/mol. The molecule has 0 aliphatic carbocycles. The van der Waals surface area contributed by atoms with E-state index in [4.69, 9.17) is 9.26 Å². The smallest absolute Gasteiger partial charge is 0.301 e. The SMILES string of the molecule is Cc1cc(N2C(=O)C(=O)C(=C(O)c3ccc(F)cc3)[C@H]2c2ccc(OC(C)C)cc2)no1. The van der Waals surface area contributed by atoms with Crippen molar-refractivity contribution in [1.29, 1.82) is 0 Å². The molecule has 164 valence electrons. The molecule has 7 nitrogen and oxygen atoms in total. The first-order chi connectivity index (χ1) is 15.3. The highest BCUT2D eigenvalue weighted by atomic mass is 19.1. The Kier molecular flexibility index (Phi) is 5.52. The highest BCUT2D eigenvalue weighted by molar-refractivity contribution is 6.51. The van der Waals surface area contributed by atoms with Crippen LogP contribution in [0.3, 0.4) is 0 Å². The van der Waals surface area contributed by atoms with Gasteiger partial charge in [0.15, 0.2) is 5.82 Å². The summed E-state index contributed by atoms with van der Waals surface area (Å²) < 4.78 is 24.1. The highest BCUT2D eigenvalue weighted by Gasteiger charge is 2.48. The zero-order valence-electron chi connectivity index (χ0n) is 17.7. The monoisotopic (exact) mass is 436 g/mol. The normalized spacial score (nSPS) is 17.9. The number of hydrogen-bond donors (Lipinski definition) is 1. The molecule has 1 aliphatic heterocycles. The fourth-order valence-electron chi connectivity index (χ4n) is 3.62. The minimum atomic E-state index is -0.961. The van der Waals surface area contributed by atoms with Gasteiger partial charge in [-0.15, -0.1) is 0 Å². The highest BCUT2D eigenvalue weighted by Crippen LogP contribution is 2.42. The van der Waals surface area contributed by atoms with Crippen molar-refractivity contribution in [2.75, 3.05) is 4.90 Å². The van der Waals surface area contributed by atoms with Gasteiger partial charge < -0.3 is 14.4 Å². The molecule has 2 aromatic carbocycles. The molecular weight excluding hydrogens is 415 g/mol. The van der Waals surface area contributed by atoms with Crippen LogP contribution in [-0.4, -0.2) is 28.1 Å². The number of Topliss-reactive ketones (excluding diaryl/α,β-unsaturated/α-hetero) is 1. The third kappa shape index (κ3) is 3.87. The van der Waals surface area contributed by atoms with Crippen LogP contribution in [0.25, 0.3) is 5.76 Å². The molecule has 1 aromatic heterocycles. The maximum absolute atomic E-state index is 13.4. The van der Waals surface area contributed by atoms with Gasteiger partial charge in [-0.1, -0.05) is 17.3 Å². The van der Waals surface area contributed by atoms with Gasteiger partial charge in [0, 0.05) is 11.6 Å². The molecule has 0 radical (unpaired) electrons. The van der Waals surface area contributed by atoms with Gasteiger partial charge in [-0.2, -0.15) is 0 Å². The van der Waals surface area contributed by atoms with Crippen LogP contribution in [0.4, 0.5) is 10.2 Å². The molecule has 1 fully saturated rings. The summed E-state index contributed by atoms with van der Waals surface area (Å²) in [5, 5.41) is 14.9. The van der Waals surface area contributed by atoms with E-state index in [-0.39, 0.29) is 23.1 Å². The fraction of sp³-hybridized carbons (Fsp3) is 0.208. The third-order valence-corrected chi connectivity index (χ3v) is 4.99. The lowest BCUT2D eigenvalue weighted by atomic mass is 9.95. The number of carbonyl (C=O) groups is 2. The lowest BCUT2D eigenvalue weighted by Crippen LogP contribution is -2.29. The van der Waals surface area contributed by atoms with E-state index >= 15 is 0 Å². The van der Waals surface area contributed by atoms with E-state index in [2.05, 4.69) is 5.16 Å². The summed E-state index contributed by atoms with van der Waals surface area (Å²) in [6, 6.07) is 12.5. The number of ether oxygens (including phenoxy) is 1. The quantitative estimate of drug-likeness (QED) is 0.359. The van der Waals surface area contributed by atoms with Crippen molar-refractivity contribution in [2.24, 2.45) is 0 Å². The number of anilines is 1. The summed E-state index contributed by atoms with van der Waals surface area (Å²) in [5.74, 6) is -1.39. The van der Waals surface area contributed by atoms with Crippen LogP contribution in [0, 0.1) is 12.7 Å². The number of carbonyl (C=O) groups excluding carboxylic acids is 2. The molecule has 0 unspecified atom stereocenters. The van der Waals surface area contributed by atoms with Crippen LogP contribution in [0.5, 0.6) is 5.75 Å². The van der Waals surface area contributed by atoms with Crippen LogP contribution < -0.4 is 9.64 Å². The van der Waals surface area contributed by atoms with Gasteiger partial charge >= 0.3 is 5.91 Å². The van der Waals surface area contributed by atoms with Crippen LogP contribution >= 0.6 is 0 Å². The molecule has 8 heteroatoms. The first-order valence-electron chi connectivity index (χ1n) is 10.0. The van der Waals surface area contributed by atoms with Crippen LogP contribution in [0.2, 0.25) is 0 Å². The van der Waals surface area contributed by atoms with Gasteiger partial charge in [-0.3, -0.25) is 14.5 Å². The first-order valence-corrected chi connectivity index (χ1v) is 10.0. The molecule has 1 amide bonds. The second-order valence-corrected chi connectivity index (χ2v) is 7.71. The summed E-state index contributed by atoms with van der Waals surface area (Å²) in [7, 11) is 0. The molecule has 32 heavy (non-hydrogen) atoms. The molecule has 0 saturated carbocycles. The Hall–Kier alpha value is -3.94. The molecule has 0 bridgehead atoms. The number of aliphatic hydroxyl groups excluding tert-OH is 1. The lowest BCUT2D eigenvalue weighted by Gasteiger charge is -2.23. The second-order valence-electron chi connectivity index (χ2n) is 7.71. The first kappa shape index (κ1) is 21.3. The van der Waals surface area contributed by atoms with Crippen molar-refractivity contribution in [3.05, 3.63) is 82.9 Å². The Balaban J connectivity index is 1.87. The summed E-state index contributed by atoms with van der Waals surface area (Å²) in [4.78, 5) is 27.2. The Bertz CT molecular complexity index is 1200. The molecular formula is C24H21FN2O5. The van der Waals surface area contributed by atoms with Gasteiger partial charge in [0.2, 0.25) is 0 Å². The Morgan fingerprint density at radius 1 is 1.12 bits per heavy atom.